The number of benzene rings is 2. The van der Waals surface area contributed by atoms with Crippen LogP contribution in [0.3, 0.4) is 0 Å². The van der Waals surface area contributed by atoms with Crippen molar-refractivity contribution in [2.24, 2.45) is 0 Å². The molecule has 0 radical (unpaired) electrons. The Labute approximate surface area is 155 Å². The number of halogens is 2. The van der Waals surface area contributed by atoms with E-state index in [1.807, 2.05) is 0 Å². The molecule has 1 aromatic heterocycles. The lowest BCUT2D eigenvalue weighted by molar-refractivity contribution is 0.588. The van der Waals surface area contributed by atoms with Crippen LogP contribution in [0.2, 0.25) is 5.02 Å². The molecule has 0 unspecified atom stereocenters. The summed E-state index contributed by atoms with van der Waals surface area (Å²) in [6, 6.07) is 12.6. The molecular weight excluding hydrogens is 363 g/mol. The normalized spacial score (nSPS) is 13.9. The highest BCUT2D eigenvalue weighted by Gasteiger charge is 2.21. The third-order valence-electron chi connectivity index (χ3n) is 3.65. The van der Waals surface area contributed by atoms with Crippen LogP contribution in [0, 0.1) is 5.82 Å². The van der Waals surface area contributed by atoms with Gasteiger partial charge in [-0.2, -0.15) is 0 Å². The molecule has 0 atom stereocenters. The first-order valence-electron chi connectivity index (χ1n) is 8.80. The van der Waals surface area contributed by atoms with Crippen LogP contribution < -0.4 is 5.32 Å². The van der Waals surface area contributed by atoms with Gasteiger partial charge >= 0.3 is 0 Å². The molecule has 130 valence electrons. The van der Waals surface area contributed by atoms with E-state index < -0.39 is 22.8 Å². The number of nitrogens with one attached hydrogen (secondary N) is 1. The molecule has 1 N–H and O–H groups in total. The molecule has 25 heavy (non-hydrogen) atoms. The van der Waals surface area contributed by atoms with Crippen molar-refractivity contribution in [3.63, 3.8) is 0 Å². The second-order valence-electron chi connectivity index (χ2n) is 5.35. The molecule has 7 heteroatoms. The predicted molar refractivity (Wildman–Crippen MR) is 96.6 cm³/mol. The Hall–Kier alpha value is -2.15. The Balaban J connectivity index is 2.10. The fraction of sp³-hybridized carbons (Fsp3) is 0.111. The Morgan fingerprint density at radius 2 is 1.84 bits per heavy atom. The summed E-state index contributed by atoms with van der Waals surface area (Å²) in [6.45, 7) is -2.43. The zero-order valence-corrected chi connectivity index (χ0v) is 14.5. The molecule has 4 nitrogen and oxygen atoms in total. The second-order valence-corrected chi connectivity index (χ2v) is 7.60. The molecule has 0 aliphatic heterocycles. The zero-order valence-electron chi connectivity index (χ0n) is 15.9. The summed E-state index contributed by atoms with van der Waals surface area (Å²) in [7, 11) is -3.98. The average molecular weight is 382 g/mol. The second kappa shape index (κ2) is 7.00. The number of hydrogen-bond acceptors (Lipinski definition) is 3. The van der Waals surface area contributed by atoms with Gasteiger partial charge in [0.2, 0.25) is 0 Å². The summed E-state index contributed by atoms with van der Waals surface area (Å²) in [4.78, 5) is 0.0196. The maximum absolute atomic E-state index is 13.3. The minimum Gasteiger partial charge on any atom is -0.316 e. The molecular formula is C18H16ClFN2O2S. The van der Waals surface area contributed by atoms with Crippen molar-refractivity contribution in [3.05, 3.63) is 77.2 Å². The summed E-state index contributed by atoms with van der Waals surface area (Å²) >= 11 is 5.84. The van der Waals surface area contributed by atoms with E-state index in [0.29, 0.717) is 16.1 Å². The lowest BCUT2D eigenvalue weighted by Crippen LogP contribution is -2.13. The van der Waals surface area contributed by atoms with Gasteiger partial charge in [0.05, 0.1) is 10.6 Å². The van der Waals surface area contributed by atoms with Crippen molar-refractivity contribution in [1.82, 2.24) is 9.29 Å². The zero-order chi connectivity index (χ0) is 20.5. The van der Waals surface area contributed by atoms with E-state index in [2.05, 4.69) is 5.32 Å². The maximum Gasteiger partial charge on any atom is 0.268 e. The van der Waals surface area contributed by atoms with E-state index >= 15 is 0 Å². The van der Waals surface area contributed by atoms with Crippen LogP contribution in [0.15, 0.2) is 65.7 Å². The summed E-state index contributed by atoms with van der Waals surface area (Å²) in [5, 5.41) is 2.75. The van der Waals surface area contributed by atoms with Gasteiger partial charge in [-0.3, -0.25) is 0 Å². The molecule has 0 saturated carbocycles. The van der Waals surface area contributed by atoms with Crippen molar-refractivity contribution < 1.29 is 16.9 Å². The van der Waals surface area contributed by atoms with Gasteiger partial charge in [0.25, 0.3) is 10.0 Å². The van der Waals surface area contributed by atoms with Crippen LogP contribution in [0.1, 0.15) is 9.68 Å². The van der Waals surface area contributed by atoms with Crippen molar-refractivity contribution in [1.29, 1.82) is 0 Å². The van der Waals surface area contributed by atoms with Crippen LogP contribution in [-0.4, -0.2) is 19.4 Å². The maximum atomic E-state index is 13.3. The molecule has 0 spiro atoms. The van der Waals surface area contributed by atoms with E-state index in [-0.39, 0.29) is 17.1 Å². The van der Waals surface area contributed by atoms with Crippen LogP contribution >= 0.6 is 11.6 Å². The Kier molecular flexibility index (Phi) is 3.94. The smallest absolute Gasteiger partial charge is 0.268 e. The highest BCUT2D eigenvalue weighted by atomic mass is 35.5. The van der Waals surface area contributed by atoms with Crippen molar-refractivity contribution >= 4 is 21.6 Å². The monoisotopic (exact) mass is 381 g/mol. The van der Waals surface area contributed by atoms with Crippen LogP contribution in [0.5, 0.6) is 0 Å². The minimum atomic E-state index is -3.98. The number of nitrogens with zero attached hydrogens (tertiary/aromatic N) is 1. The number of hydrogen-bond donors (Lipinski definition) is 1. The SMILES string of the molecule is [2H]C([2H])([2H])NCc1cc(-c2ccc(F)cc2)n(S(=O)(=O)c2ccc(Cl)cc2)c1. The van der Waals surface area contributed by atoms with Crippen LogP contribution in [0.4, 0.5) is 4.39 Å². The van der Waals surface area contributed by atoms with Gasteiger partial charge in [0.1, 0.15) is 5.82 Å². The van der Waals surface area contributed by atoms with E-state index in [0.717, 1.165) is 3.97 Å². The van der Waals surface area contributed by atoms with E-state index in [4.69, 9.17) is 15.7 Å². The fourth-order valence-corrected chi connectivity index (χ4v) is 3.97. The summed E-state index contributed by atoms with van der Waals surface area (Å²) in [5.74, 6) is -0.452. The van der Waals surface area contributed by atoms with E-state index in [9.17, 15) is 12.8 Å². The first-order valence-corrected chi connectivity index (χ1v) is 9.11. The average Bonchev–Trinajstić information content (AvgIpc) is 3.06. The lowest BCUT2D eigenvalue weighted by atomic mass is 10.1. The molecule has 3 aromatic rings. The Morgan fingerprint density at radius 1 is 1.16 bits per heavy atom. The third kappa shape index (κ3) is 3.61. The standard InChI is InChI=1S/C18H16ClFN2O2S/c1-21-11-13-10-18(14-2-6-16(20)7-3-14)22(12-13)25(23,24)17-8-4-15(19)5-9-17/h2-10,12,21H,11H2,1H3/i1D3. The minimum absolute atomic E-state index is 0.0196. The fourth-order valence-electron chi connectivity index (χ4n) is 2.45. The summed E-state index contributed by atoms with van der Waals surface area (Å²) in [6.07, 6.45) is 1.35. The van der Waals surface area contributed by atoms with Gasteiger partial charge in [-0.05, 0) is 72.7 Å². The molecule has 2 aromatic carbocycles. The molecule has 0 aliphatic rings. The van der Waals surface area contributed by atoms with Gasteiger partial charge in [-0.25, -0.2) is 16.8 Å². The Morgan fingerprint density at radius 3 is 2.48 bits per heavy atom. The number of rotatable bonds is 5. The largest absolute Gasteiger partial charge is 0.316 e. The molecule has 0 aliphatic carbocycles. The highest BCUT2D eigenvalue weighted by molar-refractivity contribution is 7.90. The van der Waals surface area contributed by atoms with Crippen molar-refractivity contribution in [2.45, 2.75) is 11.4 Å². The van der Waals surface area contributed by atoms with Gasteiger partial charge in [-0.15, -0.1) is 0 Å². The van der Waals surface area contributed by atoms with E-state index in [1.54, 1.807) is 6.07 Å². The Bertz CT molecular complexity index is 1080. The summed E-state index contributed by atoms with van der Waals surface area (Å²) < 4.78 is 62.4. The van der Waals surface area contributed by atoms with Crippen LogP contribution in [-0.2, 0) is 16.6 Å². The quantitative estimate of drug-likeness (QED) is 0.729. The molecule has 0 amide bonds. The first-order chi connectivity index (χ1) is 13.1. The van der Waals surface area contributed by atoms with Crippen molar-refractivity contribution in [3.8, 4) is 11.3 Å². The van der Waals surface area contributed by atoms with Gasteiger partial charge < -0.3 is 5.32 Å². The van der Waals surface area contributed by atoms with Gasteiger partial charge in [0, 0.05) is 21.9 Å². The number of aromatic nitrogens is 1. The predicted octanol–water partition coefficient (Wildman–Crippen LogP) is 3.90. The lowest BCUT2D eigenvalue weighted by Gasteiger charge is -2.11. The van der Waals surface area contributed by atoms with Gasteiger partial charge in [0.15, 0.2) is 0 Å². The topological polar surface area (TPSA) is 51.1 Å². The highest BCUT2D eigenvalue weighted by Crippen LogP contribution is 2.28. The molecule has 1 heterocycles. The molecule has 3 rings (SSSR count). The first kappa shape index (κ1) is 14.1. The van der Waals surface area contributed by atoms with Crippen LogP contribution in [0.25, 0.3) is 11.3 Å². The third-order valence-corrected chi connectivity index (χ3v) is 5.59. The van der Waals surface area contributed by atoms with Gasteiger partial charge in [-0.1, -0.05) is 11.6 Å². The molecule has 0 bridgehead atoms. The van der Waals surface area contributed by atoms with Crippen molar-refractivity contribution in [2.75, 3.05) is 6.98 Å². The molecule has 0 saturated heterocycles. The molecule has 0 fully saturated rings. The summed E-state index contributed by atoms with van der Waals surface area (Å²) in [5.41, 5.74) is 1.21. The van der Waals surface area contributed by atoms with E-state index in [1.165, 1.54) is 54.7 Å².